The van der Waals surface area contributed by atoms with Gasteiger partial charge in [0.25, 0.3) is 0 Å². The molecule has 0 radical (unpaired) electrons. The van der Waals surface area contributed by atoms with Gasteiger partial charge in [0, 0.05) is 25.0 Å². The maximum absolute atomic E-state index is 12.6. The molecule has 0 spiro atoms. The Labute approximate surface area is 153 Å². The van der Waals surface area contributed by atoms with Crippen LogP contribution in [-0.4, -0.2) is 53.3 Å². The smallest absolute Gasteiger partial charge is 0.317 e. The summed E-state index contributed by atoms with van der Waals surface area (Å²) < 4.78 is 11.4. The van der Waals surface area contributed by atoms with Gasteiger partial charge in [-0.25, -0.2) is 9.78 Å². The summed E-state index contributed by atoms with van der Waals surface area (Å²) in [7, 11) is 0. The number of aryl methyl sites for hydroxylation is 1. The highest BCUT2D eigenvalue weighted by Gasteiger charge is 2.22. The Hall–Kier alpha value is -2.54. The zero-order valence-corrected chi connectivity index (χ0v) is 15.1. The summed E-state index contributed by atoms with van der Waals surface area (Å²) in [5.74, 6) is 1.55. The van der Waals surface area contributed by atoms with Gasteiger partial charge in [-0.05, 0) is 31.9 Å². The molecule has 1 aromatic heterocycles. The minimum atomic E-state index is -0.133. The molecule has 1 saturated heterocycles. The molecule has 7 nitrogen and oxygen atoms in total. The first-order valence-corrected chi connectivity index (χ1v) is 9.03. The van der Waals surface area contributed by atoms with Gasteiger partial charge in [-0.1, -0.05) is 18.2 Å². The topological polar surface area (TPSA) is 79.5 Å². The number of amides is 2. The molecule has 3 rings (SSSR count). The maximum atomic E-state index is 12.6. The average Bonchev–Trinajstić information content (AvgIpc) is 3.31. The monoisotopic (exact) mass is 358 g/mol. The van der Waals surface area contributed by atoms with E-state index in [4.69, 9.17) is 9.47 Å². The van der Waals surface area contributed by atoms with Crippen LogP contribution in [0.25, 0.3) is 0 Å². The van der Waals surface area contributed by atoms with Crippen LogP contribution in [0, 0.1) is 6.92 Å². The van der Waals surface area contributed by atoms with Gasteiger partial charge in [-0.2, -0.15) is 0 Å². The highest BCUT2D eigenvalue weighted by Crippen LogP contribution is 2.14. The highest BCUT2D eigenvalue weighted by atomic mass is 16.5. The van der Waals surface area contributed by atoms with Crippen molar-refractivity contribution in [1.29, 1.82) is 0 Å². The molecule has 1 aliphatic rings. The molecule has 7 heteroatoms. The molecule has 2 aromatic rings. The molecular formula is C19H26N4O3. The van der Waals surface area contributed by atoms with Gasteiger partial charge >= 0.3 is 6.03 Å². The molecule has 0 aliphatic carbocycles. The number of nitrogens with zero attached hydrogens (tertiary/aromatic N) is 2. The minimum Gasteiger partial charge on any atom is -0.492 e. The SMILES string of the molecule is Cc1cnc(CNC(=O)N(CCOc2ccccc2)C[C@@H]2CCCO2)[nH]1. The maximum Gasteiger partial charge on any atom is 0.317 e. The van der Waals surface area contributed by atoms with Crippen molar-refractivity contribution in [3.8, 4) is 5.75 Å². The lowest BCUT2D eigenvalue weighted by molar-refractivity contribution is 0.0773. The van der Waals surface area contributed by atoms with Crippen molar-refractivity contribution in [1.82, 2.24) is 20.2 Å². The second-order valence-corrected chi connectivity index (χ2v) is 6.41. The van der Waals surface area contributed by atoms with E-state index in [1.54, 1.807) is 11.1 Å². The molecule has 1 aromatic carbocycles. The molecule has 1 fully saturated rings. The van der Waals surface area contributed by atoms with Crippen LogP contribution in [0.1, 0.15) is 24.4 Å². The molecule has 0 saturated carbocycles. The van der Waals surface area contributed by atoms with Crippen molar-refractivity contribution in [3.63, 3.8) is 0 Å². The number of para-hydroxylation sites is 1. The summed E-state index contributed by atoms with van der Waals surface area (Å²) in [4.78, 5) is 21.7. The summed E-state index contributed by atoms with van der Waals surface area (Å²) in [6.07, 6.45) is 3.88. The molecule has 2 amide bonds. The normalized spacial score (nSPS) is 16.4. The molecule has 1 aliphatic heterocycles. The van der Waals surface area contributed by atoms with E-state index in [2.05, 4.69) is 15.3 Å². The van der Waals surface area contributed by atoms with Crippen LogP contribution in [0.2, 0.25) is 0 Å². The molecule has 0 bridgehead atoms. The summed E-state index contributed by atoms with van der Waals surface area (Å²) in [5, 5.41) is 2.92. The molecule has 2 N–H and O–H groups in total. The molecular weight excluding hydrogens is 332 g/mol. The third-order valence-electron chi connectivity index (χ3n) is 4.27. The van der Waals surface area contributed by atoms with E-state index in [-0.39, 0.29) is 12.1 Å². The minimum absolute atomic E-state index is 0.100. The second kappa shape index (κ2) is 9.24. The predicted molar refractivity (Wildman–Crippen MR) is 98.0 cm³/mol. The average molecular weight is 358 g/mol. The number of benzene rings is 1. The van der Waals surface area contributed by atoms with Crippen molar-refractivity contribution in [2.45, 2.75) is 32.4 Å². The quantitative estimate of drug-likeness (QED) is 0.760. The number of hydrogen-bond donors (Lipinski definition) is 2. The van der Waals surface area contributed by atoms with Crippen molar-refractivity contribution in [2.75, 3.05) is 26.3 Å². The van der Waals surface area contributed by atoms with Gasteiger partial charge in [0.2, 0.25) is 0 Å². The Morgan fingerprint density at radius 1 is 1.42 bits per heavy atom. The largest absolute Gasteiger partial charge is 0.492 e. The van der Waals surface area contributed by atoms with Gasteiger partial charge < -0.3 is 24.7 Å². The Morgan fingerprint density at radius 2 is 2.27 bits per heavy atom. The van der Waals surface area contributed by atoms with Crippen molar-refractivity contribution < 1.29 is 14.3 Å². The first kappa shape index (κ1) is 18.3. The van der Waals surface area contributed by atoms with Crippen molar-refractivity contribution in [2.24, 2.45) is 0 Å². The zero-order valence-electron chi connectivity index (χ0n) is 15.1. The molecule has 26 heavy (non-hydrogen) atoms. The van der Waals surface area contributed by atoms with E-state index in [0.717, 1.165) is 36.7 Å². The third kappa shape index (κ3) is 5.49. The lowest BCUT2D eigenvalue weighted by Crippen LogP contribution is -2.45. The van der Waals surface area contributed by atoms with Crippen LogP contribution in [0.3, 0.4) is 0 Å². The Balaban J connectivity index is 1.51. The van der Waals surface area contributed by atoms with Gasteiger partial charge in [0.1, 0.15) is 18.2 Å². The summed E-state index contributed by atoms with van der Waals surface area (Å²) in [6.45, 7) is 4.58. The van der Waals surface area contributed by atoms with Crippen LogP contribution in [0.5, 0.6) is 5.75 Å². The van der Waals surface area contributed by atoms with E-state index in [9.17, 15) is 4.79 Å². The third-order valence-corrected chi connectivity index (χ3v) is 4.27. The van der Waals surface area contributed by atoms with Gasteiger partial charge in [-0.15, -0.1) is 0 Å². The molecule has 2 heterocycles. The molecule has 1 atom stereocenters. The predicted octanol–water partition coefficient (Wildman–Crippen LogP) is 2.49. The summed E-state index contributed by atoms with van der Waals surface area (Å²) in [5.41, 5.74) is 0.974. The van der Waals surface area contributed by atoms with Gasteiger partial charge in [0.15, 0.2) is 0 Å². The number of urea groups is 1. The first-order valence-electron chi connectivity index (χ1n) is 9.03. The number of rotatable bonds is 8. The molecule has 140 valence electrons. The number of aromatic nitrogens is 2. The first-order chi connectivity index (χ1) is 12.7. The number of imidazole rings is 1. The number of carbonyl (C=O) groups is 1. The van der Waals surface area contributed by atoms with Crippen LogP contribution in [-0.2, 0) is 11.3 Å². The van der Waals surface area contributed by atoms with E-state index in [0.29, 0.717) is 26.2 Å². The van der Waals surface area contributed by atoms with Crippen LogP contribution in [0.15, 0.2) is 36.5 Å². The standard InChI is InChI=1S/C19H26N4O3/c1-15-12-20-18(22-15)13-21-19(24)23(14-17-8-5-10-25-17)9-11-26-16-6-3-2-4-7-16/h2-4,6-7,12,17H,5,8-11,13-14H2,1H3,(H,20,22)(H,21,24)/t17-/m0/s1. The van der Waals surface area contributed by atoms with Crippen molar-refractivity contribution in [3.05, 3.63) is 48.0 Å². The summed E-state index contributed by atoms with van der Waals surface area (Å²) >= 11 is 0. The number of carbonyl (C=O) groups excluding carboxylic acids is 1. The lowest BCUT2D eigenvalue weighted by atomic mass is 10.2. The zero-order chi connectivity index (χ0) is 18.2. The number of ether oxygens (including phenoxy) is 2. The fourth-order valence-corrected chi connectivity index (χ4v) is 2.93. The number of hydrogen-bond acceptors (Lipinski definition) is 4. The van der Waals surface area contributed by atoms with E-state index in [1.165, 1.54) is 0 Å². The lowest BCUT2D eigenvalue weighted by Gasteiger charge is -2.25. The molecule has 0 unspecified atom stereocenters. The van der Waals surface area contributed by atoms with E-state index >= 15 is 0 Å². The highest BCUT2D eigenvalue weighted by molar-refractivity contribution is 5.74. The van der Waals surface area contributed by atoms with Gasteiger partial charge in [-0.3, -0.25) is 0 Å². The van der Waals surface area contributed by atoms with Crippen molar-refractivity contribution >= 4 is 6.03 Å². The van der Waals surface area contributed by atoms with Crippen LogP contribution >= 0.6 is 0 Å². The van der Waals surface area contributed by atoms with Crippen LogP contribution < -0.4 is 10.1 Å². The van der Waals surface area contributed by atoms with Gasteiger partial charge in [0.05, 0.1) is 19.2 Å². The number of nitrogens with one attached hydrogen (secondary N) is 2. The Morgan fingerprint density at radius 3 is 2.96 bits per heavy atom. The number of H-pyrrole nitrogens is 1. The Bertz CT molecular complexity index is 683. The van der Waals surface area contributed by atoms with E-state index < -0.39 is 0 Å². The number of aromatic amines is 1. The second-order valence-electron chi connectivity index (χ2n) is 6.41. The summed E-state index contributed by atoms with van der Waals surface area (Å²) in [6, 6.07) is 9.48. The fraction of sp³-hybridized carbons (Fsp3) is 0.474. The van der Waals surface area contributed by atoms with Crippen LogP contribution in [0.4, 0.5) is 4.79 Å². The van der Waals surface area contributed by atoms with E-state index in [1.807, 2.05) is 37.3 Å². The fourth-order valence-electron chi connectivity index (χ4n) is 2.93. The Kier molecular flexibility index (Phi) is 6.49.